The lowest BCUT2D eigenvalue weighted by Crippen LogP contribution is -2.03. The van der Waals surface area contributed by atoms with E-state index in [9.17, 15) is 0 Å². The predicted molar refractivity (Wildman–Crippen MR) is 64.3 cm³/mol. The minimum Gasteiger partial charge on any atom is -0.390 e. The summed E-state index contributed by atoms with van der Waals surface area (Å²) in [6.45, 7) is 0.444. The number of thiazole rings is 1. The third-order valence-electron chi connectivity index (χ3n) is 2.10. The van der Waals surface area contributed by atoms with E-state index in [0.29, 0.717) is 23.6 Å². The van der Waals surface area contributed by atoms with E-state index in [0.717, 1.165) is 5.01 Å². The van der Waals surface area contributed by atoms with Gasteiger partial charge in [-0.2, -0.15) is 5.26 Å². The Morgan fingerprint density at radius 1 is 1.53 bits per heavy atom. The number of nitriles is 1. The number of rotatable bonds is 4. The van der Waals surface area contributed by atoms with Gasteiger partial charge >= 0.3 is 0 Å². The van der Waals surface area contributed by atoms with Gasteiger partial charge < -0.3 is 10.4 Å². The zero-order valence-corrected chi connectivity index (χ0v) is 9.74. The molecule has 2 N–H and O–H groups in total. The highest BCUT2D eigenvalue weighted by Crippen LogP contribution is 2.14. The van der Waals surface area contributed by atoms with Crippen LogP contribution < -0.4 is 5.32 Å². The largest absolute Gasteiger partial charge is 0.390 e. The van der Waals surface area contributed by atoms with Gasteiger partial charge in [0.15, 0.2) is 0 Å². The Balaban J connectivity index is 2.05. The third-order valence-corrected chi connectivity index (χ3v) is 2.99. The number of aliphatic hydroxyl groups excluding tert-OH is 1. The average molecular weight is 246 g/mol. The number of hydrogen-bond donors (Lipinski definition) is 2. The van der Waals surface area contributed by atoms with E-state index < -0.39 is 0 Å². The molecule has 0 radical (unpaired) electrons. The van der Waals surface area contributed by atoms with Crippen LogP contribution in [0.4, 0.5) is 5.82 Å². The number of hydrogen-bond acceptors (Lipinski definition) is 6. The van der Waals surface area contributed by atoms with Gasteiger partial charge in [0.25, 0.3) is 0 Å². The first-order valence-electron chi connectivity index (χ1n) is 4.96. The van der Waals surface area contributed by atoms with Crippen LogP contribution in [0.5, 0.6) is 0 Å². The summed E-state index contributed by atoms with van der Waals surface area (Å²) in [5.74, 6) is 0.552. The second kappa shape index (κ2) is 5.39. The van der Waals surface area contributed by atoms with Crippen molar-refractivity contribution in [2.24, 2.45) is 0 Å². The van der Waals surface area contributed by atoms with Gasteiger partial charge in [0.1, 0.15) is 16.9 Å². The van der Waals surface area contributed by atoms with Crippen molar-refractivity contribution in [2.45, 2.75) is 13.2 Å². The summed E-state index contributed by atoms with van der Waals surface area (Å²) in [6, 6.07) is 5.49. The standard InChI is InChI=1S/C11H10N4OS/c12-4-8-2-1-3-13-11(8)14-5-10-15-9(6-16)7-17-10/h1-3,7,16H,5-6H2,(H,13,14). The summed E-state index contributed by atoms with van der Waals surface area (Å²) in [7, 11) is 0. The Hall–Kier alpha value is -1.97. The Bertz CT molecular complexity index is 546. The molecular weight excluding hydrogens is 236 g/mol. The highest BCUT2D eigenvalue weighted by molar-refractivity contribution is 7.09. The van der Waals surface area contributed by atoms with Crippen molar-refractivity contribution < 1.29 is 5.11 Å². The molecule has 17 heavy (non-hydrogen) atoms. The van der Waals surface area contributed by atoms with Crippen molar-refractivity contribution in [3.63, 3.8) is 0 Å². The molecule has 2 aromatic rings. The van der Waals surface area contributed by atoms with E-state index in [1.165, 1.54) is 11.3 Å². The maximum Gasteiger partial charge on any atom is 0.144 e. The molecule has 0 atom stereocenters. The molecule has 0 amide bonds. The number of aromatic nitrogens is 2. The summed E-state index contributed by atoms with van der Waals surface area (Å²) >= 11 is 1.46. The normalized spacial score (nSPS) is 9.88. The molecule has 2 aromatic heterocycles. The molecule has 86 valence electrons. The molecule has 5 nitrogen and oxygen atoms in total. The number of anilines is 1. The summed E-state index contributed by atoms with van der Waals surface area (Å²) in [5, 5.41) is 23.5. The maximum atomic E-state index is 8.89. The van der Waals surface area contributed by atoms with E-state index in [4.69, 9.17) is 10.4 Å². The number of pyridine rings is 1. The van der Waals surface area contributed by atoms with Crippen LogP contribution in [0.15, 0.2) is 23.7 Å². The molecule has 0 unspecified atom stereocenters. The van der Waals surface area contributed by atoms with Gasteiger partial charge in [0.05, 0.1) is 24.4 Å². The second-order valence-corrected chi connectivity index (χ2v) is 4.20. The van der Waals surface area contributed by atoms with Crippen LogP contribution in [-0.2, 0) is 13.2 Å². The lowest BCUT2D eigenvalue weighted by atomic mass is 10.3. The molecule has 0 aromatic carbocycles. The van der Waals surface area contributed by atoms with E-state index in [1.807, 2.05) is 0 Å². The minimum atomic E-state index is -0.0521. The van der Waals surface area contributed by atoms with Gasteiger partial charge in [-0.25, -0.2) is 9.97 Å². The smallest absolute Gasteiger partial charge is 0.144 e. The maximum absolute atomic E-state index is 8.89. The van der Waals surface area contributed by atoms with E-state index in [-0.39, 0.29) is 6.61 Å². The van der Waals surface area contributed by atoms with Crippen LogP contribution in [0.2, 0.25) is 0 Å². The molecule has 0 aliphatic carbocycles. The summed E-state index contributed by atoms with van der Waals surface area (Å²) in [4.78, 5) is 8.28. The molecule has 0 bridgehead atoms. The average Bonchev–Trinajstić information content (AvgIpc) is 2.84. The van der Waals surface area contributed by atoms with Crippen LogP contribution in [0.1, 0.15) is 16.3 Å². The number of aliphatic hydroxyl groups is 1. The van der Waals surface area contributed by atoms with Crippen LogP contribution in [0, 0.1) is 11.3 Å². The van der Waals surface area contributed by atoms with Crippen molar-refractivity contribution in [3.8, 4) is 6.07 Å². The second-order valence-electron chi connectivity index (χ2n) is 3.26. The van der Waals surface area contributed by atoms with Crippen molar-refractivity contribution in [3.05, 3.63) is 40.0 Å². The van der Waals surface area contributed by atoms with E-state index in [1.54, 1.807) is 23.7 Å². The van der Waals surface area contributed by atoms with Crippen LogP contribution in [-0.4, -0.2) is 15.1 Å². The topological polar surface area (TPSA) is 81.8 Å². The molecule has 0 fully saturated rings. The fraction of sp³-hybridized carbons (Fsp3) is 0.182. The molecule has 6 heteroatoms. The Morgan fingerprint density at radius 3 is 3.12 bits per heavy atom. The molecule has 0 aliphatic rings. The van der Waals surface area contributed by atoms with Gasteiger partial charge in [-0.05, 0) is 12.1 Å². The van der Waals surface area contributed by atoms with Gasteiger partial charge in [0.2, 0.25) is 0 Å². The van der Waals surface area contributed by atoms with Crippen molar-refractivity contribution in [1.82, 2.24) is 9.97 Å². The van der Waals surface area contributed by atoms with Crippen molar-refractivity contribution in [1.29, 1.82) is 5.26 Å². The lowest BCUT2D eigenvalue weighted by Gasteiger charge is -2.04. The van der Waals surface area contributed by atoms with Gasteiger partial charge in [0, 0.05) is 11.6 Å². The molecule has 2 rings (SSSR count). The minimum absolute atomic E-state index is 0.0521. The highest BCUT2D eigenvalue weighted by atomic mass is 32.1. The SMILES string of the molecule is N#Cc1cccnc1NCc1nc(CO)cs1. The zero-order valence-electron chi connectivity index (χ0n) is 8.92. The Kier molecular flexibility index (Phi) is 3.65. The van der Waals surface area contributed by atoms with Crippen molar-refractivity contribution >= 4 is 17.2 Å². The zero-order chi connectivity index (χ0) is 12.1. The first-order valence-corrected chi connectivity index (χ1v) is 5.84. The number of nitrogens with one attached hydrogen (secondary N) is 1. The van der Waals surface area contributed by atoms with Crippen LogP contribution in [0.3, 0.4) is 0 Å². The quantitative estimate of drug-likeness (QED) is 0.854. The molecule has 2 heterocycles. The van der Waals surface area contributed by atoms with E-state index >= 15 is 0 Å². The molecule has 0 aliphatic heterocycles. The third kappa shape index (κ3) is 2.78. The Morgan fingerprint density at radius 2 is 2.41 bits per heavy atom. The molecule has 0 saturated heterocycles. The fourth-order valence-electron chi connectivity index (χ4n) is 1.30. The summed E-state index contributed by atoms with van der Waals surface area (Å²) < 4.78 is 0. The van der Waals surface area contributed by atoms with E-state index in [2.05, 4.69) is 21.4 Å². The van der Waals surface area contributed by atoms with Gasteiger partial charge in [-0.15, -0.1) is 11.3 Å². The molecular formula is C11H10N4OS. The summed E-state index contributed by atoms with van der Waals surface area (Å²) in [6.07, 6.45) is 1.63. The molecule has 0 spiro atoms. The summed E-state index contributed by atoms with van der Waals surface area (Å²) in [5.41, 5.74) is 1.17. The van der Waals surface area contributed by atoms with Crippen molar-refractivity contribution in [2.75, 3.05) is 5.32 Å². The monoisotopic (exact) mass is 246 g/mol. The first kappa shape index (κ1) is 11.5. The Labute approximate surface area is 102 Å². The lowest BCUT2D eigenvalue weighted by molar-refractivity contribution is 0.277. The van der Waals surface area contributed by atoms with Crippen LogP contribution in [0.25, 0.3) is 0 Å². The van der Waals surface area contributed by atoms with Gasteiger partial charge in [-0.1, -0.05) is 0 Å². The predicted octanol–water partition coefficient (Wildman–Crippen LogP) is 1.51. The number of nitrogens with zero attached hydrogens (tertiary/aromatic N) is 3. The van der Waals surface area contributed by atoms with Gasteiger partial charge in [-0.3, -0.25) is 0 Å². The first-order chi connectivity index (χ1) is 8.33. The van der Waals surface area contributed by atoms with Crippen LogP contribution >= 0.6 is 11.3 Å². The highest BCUT2D eigenvalue weighted by Gasteiger charge is 2.04. The molecule has 0 saturated carbocycles. The fourth-order valence-corrected chi connectivity index (χ4v) is 2.02.